The van der Waals surface area contributed by atoms with Gasteiger partial charge < -0.3 is 10.0 Å². The van der Waals surface area contributed by atoms with Crippen molar-refractivity contribution in [1.29, 1.82) is 5.26 Å². The molecule has 0 radical (unpaired) electrons. The second kappa shape index (κ2) is 22.4. The lowest BCUT2D eigenvalue weighted by Gasteiger charge is -2.52. The number of halogens is 8. The van der Waals surface area contributed by atoms with Gasteiger partial charge in [0.2, 0.25) is 5.91 Å². The number of benzene rings is 4. The van der Waals surface area contributed by atoms with E-state index in [4.69, 9.17) is 22.0 Å². The van der Waals surface area contributed by atoms with Gasteiger partial charge in [0.15, 0.2) is 0 Å². The fourth-order valence-corrected chi connectivity index (χ4v) is 8.86. The molecule has 15 heteroatoms. The monoisotopic (exact) mass is 988 g/mol. The maximum Gasteiger partial charge on any atom is 0.416 e. The van der Waals surface area contributed by atoms with Gasteiger partial charge in [-0.1, -0.05) is 82.7 Å². The summed E-state index contributed by atoms with van der Waals surface area (Å²) in [4.78, 5) is 31.2. The number of likely N-dealkylation sites (tertiary alicyclic amines) is 1. The van der Waals surface area contributed by atoms with Crippen molar-refractivity contribution in [2.45, 2.75) is 100 Å². The minimum absolute atomic E-state index is 0.0230. The van der Waals surface area contributed by atoms with Crippen molar-refractivity contribution >= 4 is 39.4 Å². The van der Waals surface area contributed by atoms with Crippen molar-refractivity contribution < 1.29 is 41.0 Å². The van der Waals surface area contributed by atoms with Gasteiger partial charge in [0.05, 0.1) is 28.9 Å². The number of carboxylic acid groups (broad SMARTS) is 1. The van der Waals surface area contributed by atoms with Gasteiger partial charge in [0.1, 0.15) is 17.5 Å². The standard InChI is InChI=1S/C30H37F4N3O.C10H9FO2.C8H6FN.C2H4BrCl/c1-21-20-36(18-19-37(21)22(2)23-8-10-24(11-9-23)30(32,33)34)28(3)14-16-35(17-15-28)27(38)29(12-13-29)25-6-4-5-7-26(25)31;11-8-4-2-1-3-7(8)10(5-6-10)9(12)13;9-8-4-2-1-3-7(8)5-6-10;3-1-2-4/h4-11,21-22H,12-20H2,1-3H3;1-4H,5-6H2,(H,12,13);1-4H,5H2;1-2H2/t21-,22-;;;/m0.../s1. The Bertz CT molecular complexity index is 2260. The molecule has 2 aliphatic carbocycles. The van der Waals surface area contributed by atoms with Crippen LogP contribution in [-0.4, -0.2) is 87.2 Å². The lowest BCUT2D eigenvalue weighted by atomic mass is 9.85. The molecule has 8 rings (SSSR count). The van der Waals surface area contributed by atoms with E-state index >= 15 is 0 Å². The number of carboxylic acids is 1. The zero-order valence-electron chi connectivity index (χ0n) is 36.9. The van der Waals surface area contributed by atoms with E-state index in [9.17, 15) is 35.9 Å². The second-order valence-corrected chi connectivity index (χ2v) is 18.5. The molecule has 0 spiro atoms. The first kappa shape index (κ1) is 51.6. The van der Waals surface area contributed by atoms with Crippen LogP contribution in [0, 0.1) is 28.8 Å². The third-order valence-electron chi connectivity index (χ3n) is 13.2. The third-order valence-corrected chi connectivity index (χ3v) is 14.2. The van der Waals surface area contributed by atoms with Gasteiger partial charge in [-0.15, -0.1) is 11.6 Å². The predicted molar refractivity (Wildman–Crippen MR) is 244 cm³/mol. The Kier molecular flexibility index (Phi) is 17.8. The Morgan fingerprint density at radius 1 is 0.800 bits per heavy atom. The molecule has 4 aromatic rings. The number of rotatable bonds is 9. The summed E-state index contributed by atoms with van der Waals surface area (Å²) < 4.78 is 79.2. The van der Waals surface area contributed by atoms with Crippen LogP contribution >= 0.6 is 27.5 Å². The van der Waals surface area contributed by atoms with E-state index in [0.717, 1.165) is 43.4 Å². The number of carbonyl (C=O) groups excluding carboxylic acids is 1. The molecule has 7 nitrogen and oxygen atoms in total. The Morgan fingerprint density at radius 3 is 1.72 bits per heavy atom. The molecule has 2 saturated carbocycles. The lowest BCUT2D eigenvalue weighted by molar-refractivity contribution is -0.140. The van der Waals surface area contributed by atoms with E-state index in [1.807, 2.05) is 11.0 Å². The highest BCUT2D eigenvalue weighted by Crippen LogP contribution is 2.51. The molecule has 1 amide bonds. The topological polar surface area (TPSA) is 87.9 Å². The van der Waals surface area contributed by atoms with Crippen LogP contribution in [0.25, 0.3) is 0 Å². The largest absolute Gasteiger partial charge is 0.481 e. The number of alkyl halides is 5. The van der Waals surface area contributed by atoms with Crippen LogP contribution in [0.4, 0.5) is 26.3 Å². The zero-order valence-corrected chi connectivity index (χ0v) is 39.2. The molecule has 2 heterocycles. The molecule has 350 valence electrons. The fourth-order valence-electron chi connectivity index (χ4n) is 8.86. The molecule has 4 aromatic carbocycles. The second-order valence-electron chi connectivity index (χ2n) is 17.4. The number of carbonyl (C=O) groups is 2. The predicted octanol–water partition coefficient (Wildman–Crippen LogP) is 11.5. The molecule has 0 aromatic heterocycles. The first-order chi connectivity index (χ1) is 30.9. The average Bonchev–Trinajstić information content (AvgIpc) is 4.24. The number of piperidine rings is 1. The maximum absolute atomic E-state index is 14.5. The summed E-state index contributed by atoms with van der Waals surface area (Å²) in [5.41, 5.74) is -0.0497. The van der Waals surface area contributed by atoms with Crippen molar-refractivity contribution in [3.8, 4) is 6.07 Å². The third kappa shape index (κ3) is 12.5. The first-order valence-electron chi connectivity index (χ1n) is 21.8. The Balaban J connectivity index is 0.000000236. The molecule has 4 fully saturated rings. The highest BCUT2D eigenvalue weighted by molar-refractivity contribution is 9.09. The van der Waals surface area contributed by atoms with Gasteiger partial charge in [-0.3, -0.25) is 19.4 Å². The Labute approximate surface area is 391 Å². The van der Waals surface area contributed by atoms with Crippen LogP contribution in [0.2, 0.25) is 0 Å². The van der Waals surface area contributed by atoms with Gasteiger partial charge in [-0.05, 0) is 95.2 Å². The Hall–Kier alpha value is -4.42. The van der Waals surface area contributed by atoms with Crippen LogP contribution in [0.15, 0.2) is 97.1 Å². The Morgan fingerprint density at radius 2 is 1.29 bits per heavy atom. The minimum atomic E-state index is -4.33. The number of hydrogen-bond acceptors (Lipinski definition) is 5. The molecule has 2 aliphatic heterocycles. The maximum atomic E-state index is 14.5. The van der Waals surface area contributed by atoms with E-state index in [0.29, 0.717) is 61.3 Å². The molecule has 0 unspecified atom stereocenters. The average molecular weight is 990 g/mol. The summed E-state index contributed by atoms with van der Waals surface area (Å²) in [6, 6.07) is 26.7. The van der Waals surface area contributed by atoms with E-state index < -0.39 is 34.4 Å². The van der Waals surface area contributed by atoms with Crippen molar-refractivity contribution in [1.82, 2.24) is 14.7 Å². The normalized spacial score (nSPS) is 19.9. The summed E-state index contributed by atoms with van der Waals surface area (Å²) in [7, 11) is 0. The molecule has 65 heavy (non-hydrogen) atoms. The van der Waals surface area contributed by atoms with Crippen LogP contribution in [0.1, 0.15) is 93.2 Å². The number of hydrogen-bond donors (Lipinski definition) is 1. The van der Waals surface area contributed by atoms with E-state index in [1.54, 1.807) is 66.7 Å². The highest BCUT2D eigenvalue weighted by Gasteiger charge is 2.55. The van der Waals surface area contributed by atoms with Gasteiger partial charge in [-0.25, -0.2) is 13.2 Å². The number of nitriles is 1. The van der Waals surface area contributed by atoms with Crippen LogP contribution in [-0.2, 0) is 33.0 Å². The lowest BCUT2D eigenvalue weighted by Crippen LogP contribution is -2.62. The number of aliphatic carboxylic acids is 1. The fraction of sp³-hybridized carbons (Fsp3) is 0.460. The summed E-state index contributed by atoms with van der Waals surface area (Å²) >= 11 is 8.26. The van der Waals surface area contributed by atoms with Crippen LogP contribution in [0.3, 0.4) is 0 Å². The summed E-state index contributed by atoms with van der Waals surface area (Å²) in [5, 5.41) is 18.0. The zero-order chi connectivity index (χ0) is 47.6. The number of nitrogens with zero attached hydrogens (tertiary/aromatic N) is 4. The summed E-state index contributed by atoms with van der Waals surface area (Å²) in [5.74, 6) is -1.16. The molecule has 0 bridgehead atoms. The van der Waals surface area contributed by atoms with Crippen molar-refractivity contribution in [3.05, 3.63) is 142 Å². The molecular weight excluding hydrogens is 934 g/mol. The quantitative estimate of drug-likeness (QED) is 0.133. The summed E-state index contributed by atoms with van der Waals surface area (Å²) in [6.07, 6.45) is 0.0568. The SMILES string of the molecule is C[C@H]1CN(C2(C)CCN(C(=O)C3(c4ccccc4F)CC3)CC2)CCN1[C@@H](C)c1ccc(C(F)(F)F)cc1.ClCCBr.N#CCc1ccccc1F.O=C(O)C1(c2ccccc2F)CC1. The van der Waals surface area contributed by atoms with E-state index in [-0.39, 0.29) is 41.6 Å². The molecule has 2 atom stereocenters. The highest BCUT2D eigenvalue weighted by atomic mass is 79.9. The van der Waals surface area contributed by atoms with Crippen molar-refractivity contribution in [2.24, 2.45) is 0 Å². The van der Waals surface area contributed by atoms with E-state index in [2.05, 4.69) is 46.5 Å². The van der Waals surface area contributed by atoms with Crippen LogP contribution in [0.5, 0.6) is 0 Å². The van der Waals surface area contributed by atoms with E-state index in [1.165, 1.54) is 30.3 Å². The van der Waals surface area contributed by atoms with Crippen molar-refractivity contribution in [2.75, 3.05) is 43.9 Å². The molecular formula is C50H56BrClF6N4O3. The molecule has 4 aliphatic rings. The van der Waals surface area contributed by atoms with Gasteiger partial charge in [0.25, 0.3) is 0 Å². The number of piperazine rings is 1. The van der Waals surface area contributed by atoms with Gasteiger partial charge in [-0.2, -0.15) is 18.4 Å². The van der Waals surface area contributed by atoms with Crippen molar-refractivity contribution in [3.63, 3.8) is 0 Å². The first-order valence-corrected chi connectivity index (χ1v) is 23.5. The molecule has 1 N–H and O–H groups in total. The smallest absolute Gasteiger partial charge is 0.416 e. The molecule has 2 saturated heterocycles. The summed E-state index contributed by atoms with van der Waals surface area (Å²) in [6.45, 7) is 10.4. The number of amides is 1. The minimum Gasteiger partial charge on any atom is -0.481 e. The van der Waals surface area contributed by atoms with Gasteiger partial charge >= 0.3 is 12.1 Å². The van der Waals surface area contributed by atoms with Crippen LogP contribution < -0.4 is 0 Å². The van der Waals surface area contributed by atoms with Gasteiger partial charge in [0, 0.05) is 78.2 Å².